The molecule has 0 saturated carbocycles. The maximum absolute atomic E-state index is 11.1. The molecule has 0 radical (unpaired) electrons. The number of azide groups is 1. The van der Waals surface area contributed by atoms with Crippen molar-refractivity contribution in [3.63, 3.8) is 0 Å². The number of anilines is 1. The molecule has 0 saturated heterocycles. The standard InChI is InChI=1S/C11H14N4O3/c1-6(16)7-2-3-8(9(12)4-7)11(18)10(17)5-14-15-13/h2-4,10-11,17-18H,5,12H2,1H3. The molecule has 2 unspecified atom stereocenters. The van der Waals surface area contributed by atoms with E-state index < -0.39 is 12.2 Å². The van der Waals surface area contributed by atoms with Crippen LogP contribution in [0, 0.1) is 0 Å². The first-order valence-corrected chi connectivity index (χ1v) is 5.24. The van der Waals surface area contributed by atoms with Crippen LogP contribution in [-0.4, -0.2) is 28.6 Å². The third-order valence-electron chi connectivity index (χ3n) is 2.51. The number of nitrogens with two attached hydrogens (primary N) is 1. The summed E-state index contributed by atoms with van der Waals surface area (Å²) in [5.74, 6) is -0.141. The fourth-order valence-electron chi connectivity index (χ4n) is 1.49. The molecule has 1 aromatic carbocycles. The minimum atomic E-state index is -1.27. The molecule has 1 rings (SSSR count). The molecular weight excluding hydrogens is 236 g/mol. The van der Waals surface area contributed by atoms with Crippen molar-refractivity contribution in [3.05, 3.63) is 39.8 Å². The topological polar surface area (TPSA) is 132 Å². The molecule has 7 nitrogen and oxygen atoms in total. The number of nitrogens with zero attached hydrogens (tertiary/aromatic N) is 3. The maximum Gasteiger partial charge on any atom is 0.159 e. The van der Waals surface area contributed by atoms with Crippen molar-refractivity contribution in [2.75, 3.05) is 12.3 Å². The van der Waals surface area contributed by atoms with E-state index in [0.717, 1.165) is 0 Å². The SMILES string of the molecule is CC(=O)c1ccc(C(O)C(O)CN=[N+]=[N-])c(N)c1. The second-order valence-electron chi connectivity index (χ2n) is 3.83. The van der Waals surface area contributed by atoms with Gasteiger partial charge in [0.1, 0.15) is 6.10 Å². The largest absolute Gasteiger partial charge is 0.398 e. The highest BCUT2D eigenvalue weighted by Gasteiger charge is 2.20. The monoisotopic (exact) mass is 250 g/mol. The van der Waals surface area contributed by atoms with Gasteiger partial charge in [-0.2, -0.15) is 0 Å². The highest BCUT2D eigenvalue weighted by atomic mass is 16.3. The number of benzene rings is 1. The summed E-state index contributed by atoms with van der Waals surface area (Å²) in [7, 11) is 0. The number of ketones is 1. The smallest absolute Gasteiger partial charge is 0.159 e. The number of rotatable bonds is 5. The number of nitrogen functional groups attached to an aromatic ring is 1. The van der Waals surface area contributed by atoms with Crippen molar-refractivity contribution >= 4 is 11.5 Å². The lowest BCUT2D eigenvalue weighted by Gasteiger charge is -2.18. The predicted molar refractivity (Wildman–Crippen MR) is 65.8 cm³/mol. The number of carbonyl (C=O) groups excluding carboxylic acids is 1. The van der Waals surface area contributed by atoms with Crippen LogP contribution in [0.4, 0.5) is 5.69 Å². The van der Waals surface area contributed by atoms with Crippen LogP contribution in [-0.2, 0) is 0 Å². The fourth-order valence-corrected chi connectivity index (χ4v) is 1.49. The lowest BCUT2D eigenvalue weighted by molar-refractivity contribution is 0.0248. The van der Waals surface area contributed by atoms with Crippen LogP contribution in [0.2, 0.25) is 0 Å². The summed E-state index contributed by atoms with van der Waals surface area (Å²) in [4.78, 5) is 13.6. The van der Waals surface area contributed by atoms with Crippen molar-refractivity contribution in [1.29, 1.82) is 0 Å². The Morgan fingerprint density at radius 1 is 1.56 bits per heavy atom. The molecule has 1 aromatic rings. The van der Waals surface area contributed by atoms with E-state index >= 15 is 0 Å². The van der Waals surface area contributed by atoms with E-state index in [9.17, 15) is 15.0 Å². The Labute approximate surface area is 103 Å². The van der Waals surface area contributed by atoms with Gasteiger partial charge in [0.2, 0.25) is 0 Å². The van der Waals surface area contributed by atoms with E-state index in [2.05, 4.69) is 10.0 Å². The van der Waals surface area contributed by atoms with Crippen molar-refractivity contribution in [1.82, 2.24) is 0 Å². The average molecular weight is 250 g/mol. The summed E-state index contributed by atoms with van der Waals surface area (Å²) < 4.78 is 0. The fraction of sp³-hybridized carbons (Fsp3) is 0.364. The molecular formula is C11H14N4O3. The zero-order chi connectivity index (χ0) is 13.7. The Bertz CT molecular complexity index is 497. The van der Waals surface area contributed by atoms with E-state index in [-0.39, 0.29) is 18.0 Å². The molecule has 2 atom stereocenters. The van der Waals surface area contributed by atoms with Gasteiger partial charge in [0, 0.05) is 21.7 Å². The minimum Gasteiger partial charge on any atom is -0.398 e. The Kier molecular flexibility index (Phi) is 4.67. The molecule has 0 aliphatic rings. The predicted octanol–water partition coefficient (Wildman–Crippen LogP) is 1.18. The average Bonchev–Trinajstić information content (AvgIpc) is 2.34. The molecule has 96 valence electrons. The van der Waals surface area contributed by atoms with Crippen molar-refractivity contribution in [3.8, 4) is 0 Å². The molecule has 7 heteroatoms. The van der Waals surface area contributed by atoms with Crippen molar-refractivity contribution < 1.29 is 15.0 Å². The number of Topliss-reactive ketones (excluding diaryl/α,β-unsaturated/α-hetero) is 1. The molecule has 0 spiro atoms. The molecule has 0 aromatic heterocycles. The number of hydrogen-bond acceptors (Lipinski definition) is 5. The maximum atomic E-state index is 11.1. The summed E-state index contributed by atoms with van der Waals surface area (Å²) in [5.41, 5.74) is 14.7. The van der Waals surface area contributed by atoms with Crippen LogP contribution in [0.1, 0.15) is 28.9 Å². The summed E-state index contributed by atoms with van der Waals surface area (Å²) >= 11 is 0. The van der Waals surface area contributed by atoms with Gasteiger partial charge in [-0.1, -0.05) is 17.2 Å². The summed E-state index contributed by atoms with van der Waals surface area (Å²) in [6.07, 6.45) is -2.51. The normalized spacial score (nSPS) is 13.5. The Balaban J connectivity index is 2.95. The van der Waals surface area contributed by atoms with Gasteiger partial charge in [0.25, 0.3) is 0 Å². The van der Waals surface area contributed by atoms with Crippen LogP contribution in [0.15, 0.2) is 23.3 Å². The van der Waals surface area contributed by atoms with Gasteiger partial charge in [-0.3, -0.25) is 4.79 Å². The zero-order valence-electron chi connectivity index (χ0n) is 9.82. The second-order valence-corrected chi connectivity index (χ2v) is 3.83. The van der Waals surface area contributed by atoms with Gasteiger partial charge in [-0.05, 0) is 18.5 Å². The van der Waals surface area contributed by atoms with Gasteiger partial charge in [-0.25, -0.2) is 0 Å². The quantitative estimate of drug-likeness (QED) is 0.238. The lowest BCUT2D eigenvalue weighted by Crippen LogP contribution is -2.22. The molecule has 0 aliphatic carbocycles. The third kappa shape index (κ3) is 3.21. The molecule has 0 aliphatic heterocycles. The number of aliphatic hydroxyl groups excluding tert-OH is 2. The van der Waals surface area contributed by atoms with Crippen LogP contribution >= 0.6 is 0 Å². The number of aliphatic hydroxyl groups is 2. The van der Waals surface area contributed by atoms with E-state index in [1.807, 2.05) is 0 Å². The van der Waals surface area contributed by atoms with Gasteiger partial charge in [-0.15, -0.1) is 0 Å². The number of hydrogen-bond donors (Lipinski definition) is 3. The molecule has 0 bridgehead atoms. The zero-order valence-corrected chi connectivity index (χ0v) is 9.82. The van der Waals surface area contributed by atoms with Crippen molar-refractivity contribution in [2.24, 2.45) is 5.11 Å². The Hall–Kier alpha value is -2.08. The van der Waals surface area contributed by atoms with Crippen LogP contribution in [0.25, 0.3) is 10.4 Å². The highest BCUT2D eigenvalue weighted by molar-refractivity contribution is 5.95. The highest BCUT2D eigenvalue weighted by Crippen LogP contribution is 2.24. The lowest BCUT2D eigenvalue weighted by atomic mass is 9.99. The van der Waals surface area contributed by atoms with Gasteiger partial charge < -0.3 is 15.9 Å². The van der Waals surface area contributed by atoms with Crippen LogP contribution in [0.5, 0.6) is 0 Å². The molecule has 18 heavy (non-hydrogen) atoms. The van der Waals surface area contributed by atoms with Gasteiger partial charge in [0.05, 0.1) is 12.6 Å². The van der Waals surface area contributed by atoms with Gasteiger partial charge >= 0.3 is 0 Å². The second kappa shape index (κ2) is 6.02. The van der Waals surface area contributed by atoms with E-state index in [1.54, 1.807) is 0 Å². The Morgan fingerprint density at radius 3 is 2.72 bits per heavy atom. The first-order chi connectivity index (χ1) is 8.47. The van der Waals surface area contributed by atoms with E-state index in [0.29, 0.717) is 11.1 Å². The number of carbonyl (C=O) groups is 1. The summed E-state index contributed by atoms with van der Waals surface area (Å²) in [6.45, 7) is 1.15. The Morgan fingerprint density at radius 2 is 2.22 bits per heavy atom. The van der Waals surface area contributed by atoms with Crippen LogP contribution in [0.3, 0.4) is 0 Å². The van der Waals surface area contributed by atoms with Crippen molar-refractivity contribution in [2.45, 2.75) is 19.1 Å². The van der Waals surface area contributed by atoms with E-state index in [1.165, 1.54) is 25.1 Å². The molecule has 0 amide bonds. The summed E-state index contributed by atoms with van der Waals surface area (Å²) in [6, 6.07) is 4.41. The first-order valence-electron chi connectivity index (χ1n) is 5.24. The molecule has 0 fully saturated rings. The van der Waals surface area contributed by atoms with E-state index in [4.69, 9.17) is 11.3 Å². The molecule has 4 N–H and O–H groups in total. The first kappa shape index (κ1) is 14.0. The third-order valence-corrected chi connectivity index (χ3v) is 2.51. The molecule has 0 heterocycles. The van der Waals surface area contributed by atoms with Gasteiger partial charge in [0.15, 0.2) is 5.78 Å². The summed E-state index contributed by atoms with van der Waals surface area (Å²) in [5, 5.41) is 22.6. The van der Waals surface area contributed by atoms with Crippen LogP contribution < -0.4 is 5.73 Å². The minimum absolute atomic E-state index is 0.141.